The van der Waals surface area contributed by atoms with Crippen LogP contribution in [-0.4, -0.2) is 23.9 Å². The second-order valence-electron chi connectivity index (χ2n) is 4.47. The van der Waals surface area contributed by atoms with Gasteiger partial charge in [0.15, 0.2) is 0 Å². The SMILES string of the molecule is CC1=CCN(C(=O)[C@@H](N)c2ccccc2)CC1. The normalized spacial score (nSPS) is 17.5. The zero-order valence-corrected chi connectivity index (χ0v) is 10.1. The minimum Gasteiger partial charge on any atom is -0.337 e. The Bertz CT molecular complexity index is 425. The minimum absolute atomic E-state index is 0.0138. The molecule has 1 aliphatic heterocycles. The summed E-state index contributed by atoms with van der Waals surface area (Å²) in [5.74, 6) is 0.0138. The van der Waals surface area contributed by atoms with Crippen molar-refractivity contribution in [1.29, 1.82) is 0 Å². The molecule has 0 radical (unpaired) electrons. The molecule has 0 unspecified atom stereocenters. The minimum atomic E-state index is -0.539. The maximum absolute atomic E-state index is 12.2. The molecule has 0 bridgehead atoms. The van der Waals surface area contributed by atoms with Crippen LogP contribution in [0.5, 0.6) is 0 Å². The Morgan fingerprint density at radius 2 is 2.06 bits per heavy atom. The summed E-state index contributed by atoms with van der Waals surface area (Å²) in [7, 11) is 0. The largest absolute Gasteiger partial charge is 0.337 e. The van der Waals surface area contributed by atoms with E-state index >= 15 is 0 Å². The third kappa shape index (κ3) is 2.74. The van der Waals surface area contributed by atoms with Crippen LogP contribution in [0, 0.1) is 0 Å². The molecule has 0 saturated heterocycles. The molecule has 17 heavy (non-hydrogen) atoms. The number of hydrogen-bond acceptors (Lipinski definition) is 2. The van der Waals surface area contributed by atoms with Crippen molar-refractivity contribution in [2.45, 2.75) is 19.4 Å². The second-order valence-corrected chi connectivity index (χ2v) is 4.47. The van der Waals surface area contributed by atoms with E-state index in [9.17, 15) is 4.79 Å². The molecule has 90 valence electrons. The highest BCUT2D eigenvalue weighted by atomic mass is 16.2. The Hall–Kier alpha value is -1.61. The van der Waals surface area contributed by atoms with E-state index in [0.29, 0.717) is 6.54 Å². The lowest BCUT2D eigenvalue weighted by molar-refractivity contribution is -0.132. The van der Waals surface area contributed by atoms with Crippen LogP contribution in [-0.2, 0) is 4.79 Å². The van der Waals surface area contributed by atoms with Crippen molar-refractivity contribution in [1.82, 2.24) is 4.90 Å². The van der Waals surface area contributed by atoms with Crippen molar-refractivity contribution in [2.24, 2.45) is 5.73 Å². The first kappa shape index (κ1) is 11.9. The summed E-state index contributed by atoms with van der Waals surface area (Å²) < 4.78 is 0. The first-order valence-corrected chi connectivity index (χ1v) is 5.93. The van der Waals surface area contributed by atoms with E-state index in [1.54, 1.807) is 0 Å². The van der Waals surface area contributed by atoms with Crippen LogP contribution in [0.25, 0.3) is 0 Å². The average Bonchev–Trinajstić information content (AvgIpc) is 2.39. The van der Waals surface area contributed by atoms with Gasteiger partial charge in [0.1, 0.15) is 6.04 Å². The van der Waals surface area contributed by atoms with Gasteiger partial charge in [0.05, 0.1) is 0 Å². The molecular weight excluding hydrogens is 212 g/mol. The van der Waals surface area contributed by atoms with Gasteiger partial charge in [0.2, 0.25) is 5.91 Å². The Kier molecular flexibility index (Phi) is 3.59. The molecule has 1 atom stereocenters. The summed E-state index contributed by atoms with van der Waals surface area (Å²) in [6.07, 6.45) is 3.05. The fraction of sp³-hybridized carbons (Fsp3) is 0.357. The van der Waals surface area contributed by atoms with Crippen molar-refractivity contribution in [3.63, 3.8) is 0 Å². The van der Waals surface area contributed by atoms with E-state index < -0.39 is 6.04 Å². The fourth-order valence-corrected chi connectivity index (χ4v) is 1.97. The monoisotopic (exact) mass is 230 g/mol. The quantitative estimate of drug-likeness (QED) is 0.788. The number of nitrogens with zero attached hydrogens (tertiary/aromatic N) is 1. The summed E-state index contributed by atoms with van der Waals surface area (Å²) >= 11 is 0. The Morgan fingerprint density at radius 1 is 1.35 bits per heavy atom. The first-order chi connectivity index (χ1) is 8.18. The van der Waals surface area contributed by atoms with Crippen LogP contribution in [0.1, 0.15) is 24.9 Å². The van der Waals surface area contributed by atoms with Crippen molar-refractivity contribution in [3.05, 3.63) is 47.5 Å². The van der Waals surface area contributed by atoms with Gasteiger partial charge < -0.3 is 10.6 Å². The highest BCUT2D eigenvalue weighted by molar-refractivity contribution is 5.83. The molecule has 3 heteroatoms. The van der Waals surface area contributed by atoms with Crippen LogP contribution in [0.4, 0.5) is 0 Å². The number of carbonyl (C=O) groups is 1. The van der Waals surface area contributed by atoms with E-state index in [1.165, 1.54) is 5.57 Å². The molecule has 2 N–H and O–H groups in total. The zero-order chi connectivity index (χ0) is 12.3. The predicted molar refractivity (Wildman–Crippen MR) is 68.3 cm³/mol. The maximum Gasteiger partial charge on any atom is 0.244 e. The maximum atomic E-state index is 12.2. The van der Waals surface area contributed by atoms with Crippen LogP contribution >= 0.6 is 0 Å². The Labute approximate surface area is 102 Å². The molecule has 2 rings (SSSR count). The third-order valence-corrected chi connectivity index (χ3v) is 3.17. The summed E-state index contributed by atoms with van der Waals surface area (Å²) in [5, 5.41) is 0. The van der Waals surface area contributed by atoms with E-state index in [-0.39, 0.29) is 5.91 Å². The van der Waals surface area contributed by atoms with Crippen LogP contribution in [0.2, 0.25) is 0 Å². The summed E-state index contributed by atoms with van der Waals surface area (Å²) in [6, 6.07) is 8.99. The van der Waals surface area contributed by atoms with E-state index in [1.807, 2.05) is 35.2 Å². The molecule has 0 aromatic heterocycles. The van der Waals surface area contributed by atoms with Crippen molar-refractivity contribution in [2.75, 3.05) is 13.1 Å². The Balaban J connectivity index is 2.06. The molecule has 1 aromatic rings. The smallest absolute Gasteiger partial charge is 0.244 e. The van der Waals surface area contributed by atoms with Gasteiger partial charge in [-0.25, -0.2) is 0 Å². The van der Waals surface area contributed by atoms with Gasteiger partial charge >= 0.3 is 0 Å². The average molecular weight is 230 g/mol. The number of rotatable bonds is 2. The zero-order valence-electron chi connectivity index (χ0n) is 10.1. The number of amides is 1. The molecule has 3 nitrogen and oxygen atoms in total. The van der Waals surface area contributed by atoms with Gasteiger partial charge in [-0.15, -0.1) is 0 Å². The number of nitrogens with two attached hydrogens (primary N) is 1. The van der Waals surface area contributed by atoms with Crippen molar-refractivity contribution < 1.29 is 4.79 Å². The number of benzene rings is 1. The van der Waals surface area contributed by atoms with Crippen LogP contribution in [0.15, 0.2) is 42.0 Å². The molecular formula is C14H18N2O. The van der Waals surface area contributed by atoms with Gasteiger partial charge in [0, 0.05) is 13.1 Å². The van der Waals surface area contributed by atoms with Crippen LogP contribution in [0.3, 0.4) is 0 Å². The van der Waals surface area contributed by atoms with Gasteiger partial charge in [0.25, 0.3) is 0 Å². The number of hydrogen-bond donors (Lipinski definition) is 1. The molecule has 0 fully saturated rings. The molecule has 1 aromatic carbocycles. The topological polar surface area (TPSA) is 46.3 Å². The van der Waals surface area contributed by atoms with Gasteiger partial charge in [-0.05, 0) is 18.9 Å². The third-order valence-electron chi connectivity index (χ3n) is 3.17. The van der Waals surface area contributed by atoms with Crippen molar-refractivity contribution >= 4 is 5.91 Å². The molecule has 1 aliphatic rings. The molecule has 1 amide bonds. The van der Waals surface area contributed by atoms with Crippen molar-refractivity contribution in [3.8, 4) is 0 Å². The van der Waals surface area contributed by atoms with Crippen LogP contribution < -0.4 is 5.73 Å². The lowest BCUT2D eigenvalue weighted by Crippen LogP contribution is -2.40. The lowest BCUT2D eigenvalue weighted by atomic mass is 10.0. The fourth-order valence-electron chi connectivity index (χ4n) is 1.97. The number of carbonyl (C=O) groups excluding carboxylic acids is 1. The Morgan fingerprint density at radius 3 is 2.65 bits per heavy atom. The molecule has 0 saturated carbocycles. The lowest BCUT2D eigenvalue weighted by Gasteiger charge is -2.28. The van der Waals surface area contributed by atoms with E-state index in [4.69, 9.17) is 5.73 Å². The van der Waals surface area contributed by atoms with E-state index in [0.717, 1.165) is 18.5 Å². The van der Waals surface area contributed by atoms with E-state index in [2.05, 4.69) is 13.0 Å². The highest BCUT2D eigenvalue weighted by Gasteiger charge is 2.22. The van der Waals surface area contributed by atoms with Gasteiger partial charge in [-0.2, -0.15) is 0 Å². The highest BCUT2D eigenvalue weighted by Crippen LogP contribution is 2.16. The predicted octanol–water partition coefficient (Wildman–Crippen LogP) is 1.87. The first-order valence-electron chi connectivity index (χ1n) is 5.93. The standard InChI is InChI=1S/C14H18N2O/c1-11-7-9-16(10-8-11)14(17)13(15)12-5-3-2-4-6-12/h2-7,13H,8-10,15H2,1H3/t13-/m0/s1. The van der Waals surface area contributed by atoms with Gasteiger partial charge in [-0.1, -0.05) is 42.0 Å². The summed E-state index contributed by atoms with van der Waals surface area (Å²) in [5.41, 5.74) is 8.22. The molecule has 1 heterocycles. The second kappa shape index (κ2) is 5.15. The molecule has 0 aliphatic carbocycles. The molecule has 0 spiro atoms. The summed E-state index contributed by atoms with van der Waals surface area (Å²) in [4.78, 5) is 14.0. The van der Waals surface area contributed by atoms with Gasteiger partial charge in [-0.3, -0.25) is 4.79 Å². The summed E-state index contributed by atoms with van der Waals surface area (Å²) in [6.45, 7) is 3.56.